The van der Waals surface area contributed by atoms with Crippen molar-refractivity contribution in [1.29, 1.82) is 0 Å². The molecule has 2 aromatic carbocycles. The third kappa shape index (κ3) is 2.15. The van der Waals surface area contributed by atoms with Crippen molar-refractivity contribution in [3.05, 3.63) is 48.0 Å². The molecule has 0 spiro atoms. The predicted molar refractivity (Wildman–Crippen MR) is 63.2 cm³/mol. The number of oxime groups is 1. The standard InChI is InChI=1S/C13H13NO/c1-15-14-10-9-12-7-4-6-11-5-2-3-8-13(11)12/h2-8,10H,9H2,1H3. The van der Waals surface area contributed by atoms with Gasteiger partial charge in [-0.15, -0.1) is 0 Å². The summed E-state index contributed by atoms with van der Waals surface area (Å²) < 4.78 is 0. The minimum Gasteiger partial charge on any atom is -0.399 e. The molecule has 2 heteroatoms. The summed E-state index contributed by atoms with van der Waals surface area (Å²) in [5.41, 5.74) is 1.27. The second kappa shape index (κ2) is 4.60. The lowest BCUT2D eigenvalue weighted by Crippen LogP contribution is -1.88. The van der Waals surface area contributed by atoms with E-state index in [-0.39, 0.29) is 0 Å². The fraction of sp³-hybridized carbons (Fsp3) is 0.154. The van der Waals surface area contributed by atoms with Crippen LogP contribution in [0.3, 0.4) is 0 Å². The van der Waals surface area contributed by atoms with Crippen molar-refractivity contribution in [1.82, 2.24) is 0 Å². The van der Waals surface area contributed by atoms with Gasteiger partial charge in [0.15, 0.2) is 0 Å². The Morgan fingerprint density at radius 1 is 1.13 bits per heavy atom. The molecule has 0 radical (unpaired) electrons. The molecule has 0 fully saturated rings. The van der Waals surface area contributed by atoms with Gasteiger partial charge >= 0.3 is 0 Å². The van der Waals surface area contributed by atoms with Crippen LogP contribution in [-0.4, -0.2) is 13.3 Å². The number of rotatable bonds is 3. The molecule has 0 heterocycles. The van der Waals surface area contributed by atoms with E-state index >= 15 is 0 Å². The molecule has 0 saturated carbocycles. The van der Waals surface area contributed by atoms with E-state index in [2.05, 4.69) is 52.5 Å². The fourth-order valence-electron chi connectivity index (χ4n) is 1.68. The molecule has 2 nitrogen and oxygen atoms in total. The Bertz CT molecular complexity index is 471. The predicted octanol–water partition coefficient (Wildman–Crippen LogP) is 3.01. The maximum atomic E-state index is 4.65. The molecule has 0 unspecified atom stereocenters. The van der Waals surface area contributed by atoms with Crippen LogP contribution in [0.15, 0.2) is 47.6 Å². The monoisotopic (exact) mass is 199 g/mol. The molecule has 2 aromatic rings. The van der Waals surface area contributed by atoms with Crippen molar-refractivity contribution in [3.8, 4) is 0 Å². The number of hydrogen-bond acceptors (Lipinski definition) is 2. The van der Waals surface area contributed by atoms with E-state index in [1.807, 2.05) is 0 Å². The number of benzene rings is 2. The van der Waals surface area contributed by atoms with Crippen LogP contribution in [0.5, 0.6) is 0 Å². The second-order valence-corrected chi connectivity index (χ2v) is 3.31. The van der Waals surface area contributed by atoms with Gasteiger partial charge in [0.2, 0.25) is 0 Å². The van der Waals surface area contributed by atoms with Crippen molar-refractivity contribution in [3.63, 3.8) is 0 Å². The minimum absolute atomic E-state index is 0.801. The maximum absolute atomic E-state index is 4.65. The minimum atomic E-state index is 0.801. The van der Waals surface area contributed by atoms with Crippen LogP contribution in [0, 0.1) is 0 Å². The second-order valence-electron chi connectivity index (χ2n) is 3.31. The van der Waals surface area contributed by atoms with Crippen LogP contribution in [0.2, 0.25) is 0 Å². The summed E-state index contributed by atoms with van der Waals surface area (Å²) in [6.45, 7) is 0. The molecule has 15 heavy (non-hydrogen) atoms. The first-order valence-electron chi connectivity index (χ1n) is 4.93. The average Bonchev–Trinajstić information content (AvgIpc) is 2.30. The largest absolute Gasteiger partial charge is 0.399 e. The van der Waals surface area contributed by atoms with E-state index in [9.17, 15) is 0 Å². The van der Waals surface area contributed by atoms with Gasteiger partial charge in [0.1, 0.15) is 7.11 Å². The van der Waals surface area contributed by atoms with E-state index < -0.39 is 0 Å². The molecule has 0 aliphatic carbocycles. The first-order chi connectivity index (χ1) is 7.42. The Labute approximate surface area is 89.2 Å². The molecule has 0 N–H and O–H groups in total. The molecule has 0 aliphatic heterocycles. The van der Waals surface area contributed by atoms with E-state index in [4.69, 9.17) is 0 Å². The van der Waals surface area contributed by atoms with E-state index in [0.29, 0.717) is 0 Å². The Morgan fingerprint density at radius 3 is 2.80 bits per heavy atom. The summed E-state index contributed by atoms with van der Waals surface area (Å²) in [6.07, 6.45) is 2.58. The summed E-state index contributed by atoms with van der Waals surface area (Å²) in [4.78, 5) is 4.65. The Hall–Kier alpha value is -1.83. The van der Waals surface area contributed by atoms with Gasteiger partial charge in [0.25, 0.3) is 0 Å². The van der Waals surface area contributed by atoms with Crippen molar-refractivity contribution >= 4 is 17.0 Å². The normalized spacial score (nSPS) is 11.0. The zero-order valence-corrected chi connectivity index (χ0v) is 8.68. The maximum Gasteiger partial charge on any atom is 0.106 e. The van der Waals surface area contributed by atoms with Crippen LogP contribution in [0.4, 0.5) is 0 Å². The van der Waals surface area contributed by atoms with Crippen molar-refractivity contribution in [2.24, 2.45) is 5.16 Å². The lowest BCUT2D eigenvalue weighted by molar-refractivity contribution is 0.215. The Kier molecular flexibility index (Phi) is 2.98. The zero-order chi connectivity index (χ0) is 10.5. The molecule has 0 amide bonds. The van der Waals surface area contributed by atoms with Gasteiger partial charge in [-0.2, -0.15) is 0 Å². The van der Waals surface area contributed by atoms with Crippen molar-refractivity contribution in [2.45, 2.75) is 6.42 Å². The lowest BCUT2D eigenvalue weighted by Gasteiger charge is -2.02. The highest BCUT2D eigenvalue weighted by atomic mass is 16.6. The van der Waals surface area contributed by atoms with Crippen LogP contribution < -0.4 is 0 Å². The lowest BCUT2D eigenvalue weighted by atomic mass is 10.0. The molecular weight excluding hydrogens is 186 g/mol. The Morgan fingerprint density at radius 2 is 1.93 bits per heavy atom. The topological polar surface area (TPSA) is 21.6 Å². The molecule has 0 aliphatic rings. The van der Waals surface area contributed by atoms with Crippen molar-refractivity contribution in [2.75, 3.05) is 7.11 Å². The van der Waals surface area contributed by atoms with Gasteiger partial charge in [-0.1, -0.05) is 47.6 Å². The fourth-order valence-corrected chi connectivity index (χ4v) is 1.68. The third-order valence-electron chi connectivity index (χ3n) is 2.37. The first kappa shape index (κ1) is 9.71. The molecule has 0 aromatic heterocycles. The van der Waals surface area contributed by atoms with Gasteiger partial charge in [0.05, 0.1) is 0 Å². The van der Waals surface area contributed by atoms with Crippen molar-refractivity contribution < 1.29 is 4.84 Å². The van der Waals surface area contributed by atoms with Gasteiger partial charge < -0.3 is 4.84 Å². The van der Waals surface area contributed by atoms with E-state index in [1.165, 1.54) is 16.3 Å². The molecule has 0 saturated heterocycles. The van der Waals surface area contributed by atoms with Crippen LogP contribution in [0.1, 0.15) is 5.56 Å². The molecular formula is C13H13NO. The quantitative estimate of drug-likeness (QED) is 0.550. The van der Waals surface area contributed by atoms with Crippen LogP contribution in [0.25, 0.3) is 10.8 Å². The smallest absolute Gasteiger partial charge is 0.106 e. The summed E-state index contributed by atoms with van der Waals surface area (Å²) >= 11 is 0. The molecule has 2 rings (SSSR count). The van der Waals surface area contributed by atoms with Crippen LogP contribution in [-0.2, 0) is 11.3 Å². The highest BCUT2D eigenvalue weighted by Gasteiger charge is 1.97. The number of hydrogen-bond donors (Lipinski definition) is 0. The Balaban J connectivity index is 2.38. The summed E-state index contributed by atoms with van der Waals surface area (Å²) in [6, 6.07) is 14.7. The highest BCUT2D eigenvalue weighted by molar-refractivity contribution is 5.87. The van der Waals surface area contributed by atoms with Gasteiger partial charge in [-0.05, 0) is 16.3 Å². The van der Waals surface area contributed by atoms with E-state index in [0.717, 1.165) is 6.42 Å². The molecule has 0 atom stereocenters. The molecule has 76 valence electrons. The molecule has 0 bridgehead atoms. The number of nitrogens with zero attached hydrogens (tertiary/aromatic N) is 1. The third-order valence-corrected chi connectivity index (χ3v) is 2.37. The zero-order valence-electron chi connectivity index (χ0n) is 8.68. The first-order valence-corrected chi connectivity index (χ1v) is 4.93. The van der Waals surface area contributed by atoms with Crippen LogP contribution >= 0.6 is 0 Å². The highest BCUT2D eigenvalue weighted by Crippen LogP contribution is 2.18. The summed E-state index contributed by atoms with van der Waals surface area (Å²) in [5, 5.41) is 6.29. The van der Waals surface area contributed by atoms with Gasteiger partial charge in [0, 0.05) is 12.6 Å². The SMILES string of the molecule is CON=CCc1cccc2ccccc12. The number of fused-ring (bicyclic) bond motifs is 1. The van der Waals surface area contributed by atoms with Gasteiger partial charge in [-0.3, -0.25) is 0 Å². The summed E-state index contributed by atoms with van der Waals surface area (Å²) in [7, 11) is 1.56. The van der Waals surface area contributed by atoms with Gasteiger partial charge in [-0.25, -0.2) is 0 Å². The summed E-state index contributed by atoms with van der Waals surface area (Å²) in [5.74, 6) is 0. The van der Waals surface area contributed by atoms with E-state index in [1.54, 1.807) is 13.3 Å². The average molecular weight is 199 g/mol.